The van der Waals surface area contributed by atoms with Crippen molar-refractivity contribution in [1.82, 2.24) is 4.90 Å². The quantitative estimate of drug-likeness (QED) is 0.398. The summed E-state index contributed by atoms with van der Waals surface area (Å²) in [5, 5.41) is 0. The second-order valence-corrected chi connectivity index (χ2v) is 2.58. The first-order chi connectivity index (χ1) is 4.79. The van der Waals surface area contributed by atoms with Crippen LogP contribution in [0.4, 0.5) is 22.0 Å². The van der Waals surface area contributed by atoms with E-state index >= 15 is 0 Å². The Hall–Kier alpha value is -0.390. The average Bonchev–Trinajstić information content (AvgIpc) is 1.93. The van der Waals surface area contributed by atoms with Crippen molar-refractivity contribution >= 4 is 0 Å². The van der Waals surface area contributed by atoms with Gasteiger partial charge < -0.3 is 0 Å². The number of alkyl halides is 5. The van der Waals surface area contributed by atoms with E-state index in [1.807, 2.05) is 0 Å². The van der Waals surface area contributed by atoms with Crippen LogP contribution in [0.1, 0.15) is 0 Å². The highest BCUT2D eigenvalue weighted by Gasteiger charge is 2.69. The number of hydrogen-bond acceptors (Lipinski definition) is 1. The van der Waals surface area contributed by atoms with Crippen LogP contribution in [-0.2, 0) is 0 Å². The number of rotatable bonds is 0. The molecule has 1 aliphatic heterocycles. The summed E-state index contributed by atoms with van der Waals surface area (Å²) in [6.45, 7) is -1.23. The zero-order valence-corrected chi connectivity index (χ0v) is 5.62. The lowest BCUT2D eigenvalue weighted by atomic mass is 10.2. The molecule has 0 aliphatic carbocycles. The summed E-state index contributed by atoms with van der Waals surface area (Å²) in [6.07, 6.45) is -2.88. The van der Waals surface area contributed by atoms with Gasteiger partial charge in [-0.1, -0.05) is 0 Å². The molecule has 6 heteroatoms. The lowest BCUT2D eigenvalue weighted by molar-refractivity contribution is -0.205. The van der Waals surface area contributed by atoms with Crippen molar-refractivity contribution in [3.05, 3.63) is 0 Å². The van der Waals surface area contributed by atoms with Gasteiger partial charge in [-0.25, -0.2) is 4.39 Å². The molecule has 0 amide bonds. The molecule has 1 nitrogen and oxygen atoms in total. The van der Waals surface area contributed by atoms with E-state index in [0.717, 1.165) is 7.05 Å². The first kappa shape index (κ1) is 8.70. The van der Waals surface area contributed by atoms with Gasteiger partial charge in [-0.15, -0.1) is 0 Å². The van der Waals surface area contributed by atoms with Gasteiger partial charge in [0, 0.05) is 0 Å². The largest absolute Gasteiger partial charge is 0.355 e. The second-order valence-electron chi connectivity index (χ2n) is 2.58. The maximum atomic E-state index is 12.3. The molecule has 0 radical (unpaired) electrons. The Balaban J connectivity index is 2.92. The fraction of sp³-hybridized carbons (Fsp3) is 1.00. The van der Waals surface area contributed by atoms with Crippen molar-refractivity contribution < 1.29 is 22.0 Å². The zero-order chi connectivity index (χ0) is 8.86. The van der Waals surface area contributed by atoms with Gasteiger partial charge in [0.1, 0.15) is 0 Å². The summed E-state index contributed by atoms with van der Waals surface area (Å²) < 4.78 is 61.1. The van der Waals surface area contributed by atoms with E-state index in [-0.39, 0.29) is 0 Å². The summed E-state index contributed by atoms with van der Waals surface area (Å²) in [5.41, 5.74) is 0. The van der Waals surface area contributed by atoms with Gasteiger partial charge in [0.2, 0.25) is 6.30 Å². The lowest BCUT2D eigenvalue weighted by Crippen LogP contribution is -2.42. The molecule has 1 atom stereocenters. The van der Waals surface area contributed by atoms with Gasteiger partial charge in [0.05, 0.1) is 6.54 Å². The third-order valence-corrected chi connectivity index (χ3v) is 1.62. The van der Waals surface area contributed by atoms with E-state index in [4.69, 9.17) is 0 Å². The standard InChI is InChI=1S/C5H6F5N/c1-11-2-4(7,8)5(9,10)3(11)6/h3H,2H2,1H3. The van der Waals surface area contributed by atoms with Crippen molar-refractivity contribution in [1.29, 1.82) is 0 Å². The van der Waals surface area contributed by atoms with Crippen LogP contribution in [0.5, 0.6) is 0 Å². The molecular formula is C5H6F5N. The summed E-state index contributed by atoms with van der Waals surface area (Å²) in [7, 11) is 0.888. The molecule has 1 saturated heterocycles. The summed E-state index contributed by atoms with van der Waals surface area (Å²) >= 11 is 0. The lowest BCUT2D eigenvalue weighted by Gasteiger charge is -2.18. The molecule has 0 aromatic heterocycles. The van der Waals surface area contributed by atoms with Crippen LogP contribution in [0.15, 0.2) is 0 Å². The van der Waals surface area contributed by atoms with Gasteiger partial charge in [-0.05, 0) is 7.05 Å². The third-order valence-electron chi connectivity index (χ3n) is 1.62. The van der Waals surface area contributed by atoms with Gasteiger partial charge in [0.25, 0.3) is 0 Å². The van der Waals surface area contributed by atoms with E-state index in [2.05, 4.69) is 0 Å². The first-order valence-electron chi connectivity index (χ1n) is 2.89. The SMILES string of the molecule is CN1CC(F)(F)C(F)(F)C1F. The Morgan fingerprint density at radius 3 is 1.82 bits per heavy atom. The van der Waals surface area contributed by atoms with Crippen LogP contribution in [0.25, 0.3) is 0 Å². The topological polar surface area (TPSA) is 3.24 Å². The highest BCUT2D eigenvalue weighted by molar-refractivity contribution is 4.99. The summed E-state index contributed by atoms with van der Waals surface area (Å²) in [4.78, 5) is 0.292. The molecule has 1 unspecified atom stereocenters. The Morgan fingerprint density at radius 1 is 1.27 bits per heavy atom. The van der Waals surface area contributed by atoms with E-state index < -0.39 is 24.7 Å². The molecule has 1 rings (SSSR count). The van der Waals surface area contributed by atoms with Crippen molar-refractivity contribution in [3.63, 3.8) is 0 Å². The van der Waals surface area contributed by atoms with Crippen molar-refractivity contribution in [2.24, 2.45) is 0 Å². The number of likely N-dealkylation sites (tertiary alicyclic amines) is 1. The Bertz CT molecular complexity index is 168. The van der Waals surface area contributed by atoms with Crippen LogP contribution in [-0.4, -0.2) is 36.6 Å². The van der Waals surface area contributed by atoms with E-state index in [1.54, 1.807) is 0 Å². The summed E-state index contributed by atoms with van der Waals surface area (Å²) in [6, 6.07) is 0. The molecule has 66 valence electrons. The molecule has 0 aromatic carbocycles. The molecule has 0 spiro atoms. The van der Waals surface area contributed by atoms with Crippen LogP contribution >= 0.6 is 0 Å². The average molecular weight is 175 g/mol. The Labute approximate surface area is 59.8 Å². The third kappa shape index (κ3) is 0.998. The minimum atomic E-state index is -4.55. The fourth-order valence-corrected chi connectivity index (χ4v) is 0.950. The number of hydrogen-bond donors (Lipinski definition) is 0. The molecule has 0 N–H and O–H groups in total. The van der Waals surface area contributed by atoms with Crippen LogP contribution in [0, 0.1) is 0 Å². The highest BCUT2D eigenvalue weighted by Crippen LogP contribution is 2.45. The number of halogens is 5. The molecule has 11 heavy (non-hydrogen) atoms. The van der Waals surface area contributed by atoms with Gasteiger partial charge in [-0.3, -0.25) is 4.90 Å². The molecule has 1 heterocycles. The molecule has 0 bridgehead atoms. The molecule has 0 aromatic rings. The monoisotopic (exact) mass is 175 g/mol. The second kappa shape index (κ2) is 2.06. The Morgan fingerprint density at radius 2 is 1.73 bits per heavy atom. The fourth-order valence-electron chi connectivity index (χ4n) is 0.950. The van der Waals surface area contributed by atoms with Gasteiger partial charge in [0.15, 0.2) is 0 Å². The number of nitrogens with zero attached hydrogens (tertiary/aromatic N) is 1. The highest BCUT2D eigenvalue weighted by atomic mass is 19.3. The minimum absolute atomic E-state index is 0.292. The van der Waals surface area contributed by atoms with Gasteiger partial charge in [-0.2, -0.15) is 17.6 Å². The van der Waals surface area contributed by atoms with Gasteiger partial charge >= 0.3 is 11.8 Å². The van der Waals surface area contributed by atoms with Crippen molar-refractivity contribution in [3.8, 4) is 0 Å². The summed E-state index contributed by atoms with van der Waals surface area (Å²) in [5.74, 6) is -8.80. The maximum Gasteiger partial charge on any atom is 0.355 e. The Kier molecular flexibility index (Phi) is 1.63. The minimum Gasteiger partial charge on any atom is -0.265 e. The van der Waals surface area contributed by atoms with Crippen LogP contribution < -0.4 is 0 Å². The first-order valence-corrected chi connectivity index (χ1v) is 2.89. The maximum absolute atomic E-state index is 12.3. The van der Waals surface area contributed by atoms with Crippen LogP contribution in [0.3, 0.4) is 0 Å². The van der Waals surface area contributed by atoms with Crippen molar-refractivity contribution in [2.75, 3.05) is 13.6 Å². The molecule has 1 fully saturated rings. The van der Waals surface area contributed by atoms with Crippen molar-refractivity contribution in [2.45, 2.75) is 18.1 Å². The normalized spacial score (nSPS) is 36.0. The molecule has 1 aliphatic rings. The molecule has 0 saturated carbocycles. The van der Waals surface area contributed by atoms with Crippen LogP contribution in [0.2, 0.25) is 0 Å². The smallest absolute Gasteiger partial charge is 0.265 e. The predicted molar refractivity (Wildman–Crippen MR) is 27.4 cm³/mol. The predicted octanol–water partition coefficient (Wildman–Crippen LogP) is 1.50. The van der Waals surface area contributed by atoms with E-state index in [1.165, 1.54) is 0 Å². The zero-order valence-electron chi connectivity index (χ0n) is 5.62. The molecular weight excluding hydrogens is 169 g/mol. The van der Waals surface area contributed by atoms with E-state index in [0.29, 0.717) is 4.90 Å². The van der Waals surface area contributed by atoms with E-state index in [9.17, 15) is 22.0 Å².